The zero-order chi connectivity index (χ0) is 14.8. The predicted octanol–water partition coefficient (Wildman–Crippen LogP) is -0.243. The Labute approximate surface area is 119 Å². The van der Waals surface area contributed by atoms with E-state index in [1.807, 2.05) is 6.92 Å². The van der Waals surface area contributed by atoms with Crippen molar-refractivity contribution in [3.63, 3.8) is 0 Å². The molecule has 1 aromatic heterocycles. The zero-order valence-electron chi connectivity index (χ0n) is 11.3. The van der Waals surface area contributed by atoms with Crippen molar-refractivity contribution in [3.8, 4) is 0 Å². The lowest BCUT2D eigenvalue weighted by molar-refractivity contribution is 0.565. The van der Waals surface area contributed by atoms with Gasteiger partial charge in [-0.3, -0.25) is 5.10 Å². The molecule has 2 N–H and O–H groups in total. The molecule has 0 bridgehead atoms. The van der Waals surface area contributed by atoms with Crippen molar-refractivity contribution in [1.29, 1.82) is 0 Å². The average Bonchev–Trinajstić information content (AvgIpc) is 2.91. The molecule has 1 saturated heterocycles. The zero-order valence-corrected chi connectivity index (χ0v) is 12.9. The third kappa shape index (κ3) is 3.80. The number of hydrogen-bond donors (Lipinski definition) is 2. The fourth-order valence-electron chi connectivity index (χ4n) is 2.24. The molecule has 9 heteroatoms. The summed E-state index contributed by atoms with van der Waals surface area (Å²) in [6.45, 7) is 2.22. The van der Waals surface area contributed by atoms with Crippen LogP contribution in [-0.2, 0) is 26.3 Å². The second kappa shape index (κ2) is 5.82. The highest BCUT2D eigenvalue weighted by Crippen LogP contribution is 2.18. The van der Waals surface area contributed by atoms with Gasteiger partial charge in [0, 0.05) is 12.2 Å². The fourth-order valence-corrected chi connectivity index (χ4v) is 6.37. The van der Waals surface area contributed by atoms with Gasteiger partial charge >= 0.3 is 0 Å². The van der Waals surface area contributed by atoms with Gasteiger partial charge in [-0.05, 0) is 31.7 Å². The van der Waals surface area contributed by atoms with Crippen molar-refractivity contribution >= 4 is 19.9 Å². The minimum Gasteiger partial charge on any atom is -0.283 e. The minimum atomic E-state index is -3.53. The summed E-state index contributed by atoms with van der Waals surface area (Å²) in [6.07, 6.45) is 3.30. The molecule has 0 saturated carbocycles. The van der Waals surface area contributed by atoms with Crippen LogP contribution in [0.25, 0.3) is 0 Å². The van der Waals surface area contributed by atoms with E-state index in [1.54, 1.807) is 6.20 Å². The Balaban J connectivity index is 1.80. The SMILES string of the molecule is Cc1[nH]ncc1CCCNS(=O)(=O)C1CCS(=O)(=O)C1. The van der Waals surface area contributed by atoms with E-state index >= 15 is 0 Å². The van der Waals surface area contributed by atoms with Crippen molar-refractivity contribution in [2.24, 2.45) is 0 Å². The van der Waals surface area contributed by atoms with Crippen LogP contribution in [-0.4, -0.2) is 50.3 Å². The van der Waals surface area contributed by atoms with Gasteiger partial charge in [0.25, 0.3) is 0 Å². The molecule has 114 valence electrons. The van der Waals surface area contributed by atoms with Crippen molar-refractivity contribution in [1.82, 2.24) is 14.9 Å². The number of H-pyrrole nitrogens is 1. The van der Waals surface area contributed by atoms with Crippen LogP contribution in [0.5, 0.6) is 0 Å². The van der Waals surface area contributed by atoms with Crippen LogP contribution in [0.15, 0.2) is 6.20 Å². The van der Waals surface area contributed by atoms with E-state index in [1.165, 1.54) is 0 Å². The number of hydrogen-bond acceptors (Lipinski definition) is 5. The summed E-state index contributed by atoms with van der Waals surface area (Å²) in [4.78, 5) is 0. The van der Waals surface area contributed by atoms with Crippen molar-refractivity contribution in [3.05, 3.63) is 17.5 Å². The molecule has 7 nitrogen and oxygen atoms in total. The molecule has 1 fully saturated rings. The largest absolute Gasteiger partial charge is 0.283 e. The number of nitrogens with zero attached hydrogens (tertiary/aromatic N) is 1. The number of rotatable bonds is 6. The number of sulfone groups is 1. The van der Waals surface area contributed by atoms with Crippen molar-refractivity contribution in [2.45, 2.75) is 31.4 Å². The Kier molecular flexibility index (Phi) is 4.50. The van der Waals surface area contributed by atoms with Crippen molar-refractivity contribution in [2.75, 3.05) is 18.1 Å². The first-order valence-electron chi connectivity index (χ1n) is 6.48. The van der Waals surface area contributed by atoms with Gasteiger partial charge in [0.15, 0.2) is 9.84 Å². The van der Waals surface area contributed by atoms with E-state index < -0.39 is 25.1 Å². The fraction of sp³-hybridized carbons (Fsp3) is 0.727. The van der Waals surface area contributed by atoms with Gasteiger partial charge in [0.2, 0.25) is 10.0 Å². The molecule has 2 heterocycles. The Hall–Kier alpha value is -0.930. The van der Waals surface area contributed by atoms with Crippen LogP contribution < -0.4 is 4.72 Å². The van der Waals surface area contributed by atoms with Gasteiger partial charge in [-0.1, -0.05) is 0 Å². The van der Waals surface area contributed by atoms with Crippen LogP contribution in [0.4, 0.5) is 0 Å². The first-order valence-corrected chi connectivity index (χ1v) is 9.85. The number of aromatic amines is 1. The van der Waals surface area contributed by atoms with Gasteiger partial charge in [0.1, 0.15) is 0 Å². The molecular weight excluding hydrogens is 302 g/mol. The first-order chi connectivity index (χ1) is 9.30. The van der Waals surface area contributed by atoms with Crippen molar-refractivity contribution < 1.29 is 16.8 Å². The highest BCUT2D eigenvalue weighted by molar-refractivity contribution is 7.95. The highest BCUT2D eigenvalue weighted by Gasteiger charge is 2.36. The molecule has 1 unspecified atom stereocenters. The lowest BCUT2D eigenvalue weighted by atomic mass is 10.1. The normalized spacial score (nSPS) is 22.1. The van der Waals surface area contributed by atoms with E-state index in [0.717, 1.165) is 17.7 Å². The monoisotopic (exact) mass is 321 g/mol. The maximum atomic E-state index is 12.0. The lowest BCUT2D eigenvalue weighted by Crippen LogP contribution is -2.35. The van der Waals surface area contributed by atoms with Gasteiger partial charge in [0.05, 0.1) is 23.0 Å². The van der Waals surface area contributed by atoms with E-state index in [0.29, 0.717) is 13.0 Å². The summed E-state index contributed by atoms with van der Waals surface area (Å²) < 4.78 is 49.0. The van der Waals surface area contributed by atoms with Gasteiger partial charge in [-0.25, -0.2) is 21.6 Å². The Bertz CT molecular complexity index is 664. The minimum absolute atomic E-state index is 0.0349. The van der Waals surface area contributed by atoms with Crippen LogP contribution >= 0.6 is 0 Å². The van der Waals surface area contributed by atoms with E-state index in [2.05, 4.69) is 14.9 Å². The van der Waals surface area contributed by atoms with E-state index in [9.17, 15) is 16.8 Å². The topological polar surface area (TPSA) is 109 Å². The van der Waals surface area contributed by atoms with Crippen LogP contribution in [0.3, 0.4) is 0 Å². The molecule has 1 atom stereocenters. The second-order valence-electron chi connectivity index (χ2n) is 5.09. The maximum absolute atomic E-state index is 12.0. The summed E-state index contributed by atoms with van der Waals surface area (Å²) in [5.74, 6) is -0.296. The summed E-state index contributed by atoms with van der Waals surface area (Å²) in [7, 11) is -6.72. The van der Waals surface area contributed by atoms with E-state index in [4.69, 9.17) is 0 Å². The summed E-state index contributed by atoms with van der Waals surface area (Å²) in [6, 6.07) is 0. The molecule has 0 radical (unpaired) electrons. The first kappa shape index (κ1) is 15.5. The quantitative estimate of drug-likeness (QED) is 0.703. The number of sulfonamides is 1. The number of aryl methyl sites for hydroxylation is 2. The van der Waals surface area contributed by atoms with Gasteiger partial charge in [-0.15, -0.1) is 0 Å². The molecule has 0 aromatic carbocycles. The lowest BCUT2D eigenvalue weighted by Gasteiger charge is -2.11. The molecule has 0 aliphatic carbocycles. The number of nitrogens with one attached hydrogen (secondary N) is 2. The van der Waals surface area contributed by atoms with Gasteiger partial charge in [-0.2, -0.15) is 5.10 Å². The molecule has 0 spiro atoms. The highest BCUT2D eigenvalue weighted by atomic mass is 32.2. The summed E-state index contributed by atoms with van der Waals surface area (Å²) in [5.41, 5.74) is 2.04. The molecule has 1 aromatic rings. The Morgan fingerprint density at radius 1 is 1.50 bits per heavy atom. The standard InChI is InChI=1S/C11H19N3O4S2/c1-9-10(7-12-14-9)3-2-5-13-20(17,18)11-4-6-19(15,16)8-11/h7,11,13H,2-6,8H2,1H3,(H,12,14). The Morgan fingerprint density at radius 2 is 2.25 bits per heavy atom. The Morgan fingerprint density at radius 3 is 2.80 bits per heavy atom. The average molecular weight is 321 g/mol. The summed E-state index contributed by atoms with van der Waals surface area (Å²) >= 11 is 0. The van der Waals surface area contributed by atoms with Gasteiger partial charge < -0.3 is 0 Å². The smallest absolute Gasteiger partial charge is 0.215 e. The molecular formula is C11H19N3O4S2. The third-order valence-electron chi connectivity index (χ3n) is 3.49. The van der Waals surface area contributed by atoms with E-state index in [-0.39, 0.29) is 17.9 Å². The maximum Gasteiger partial charge on any atom is 0.215 e. The summed E-state index contributed by atoms with van der Waals surface area (Å²) in [5, 5.41) is 5.92. The number of aromatic nitrogens is 2. The molecule has 2 rings (SSSR count). The molecule has 20 heavy (non-hydrogen) atoms. The third-order valence-corrected chi connectivity index (χ3v) is 7.36. The molecule has 1 aliphatic rings. The molecule has 0 amide bonds. The second-order valence-corrected chi connectivity index (χ2v) is 9.36. The molecule has 1 aliphatic heterocycles. The predicted molar refractivity (Wildman–Crippen MR) is 75.6 cm³/mol. The van der Waals surface area contributed by atoms with Crippen LogP contribution in [0.2, 0.25) is 0 Å². The van der Waals surface area contributed by atoms with Crippen LogP contribution in [0.1, 0.15) is 24.1 Å². The van der Waals surface area contributed by atoms with Crippen LogP contribution in [0, 0.1) is 6.92 Å².